The maximum absolute atomic E-state index is 11.0. The molecule has 0 amide bonds. The summed E-state index contributed by atoms with van der Waals surface area (Å²) in [7, 11) is 0. The van der Waals surface area contributed by atoms with Gasteiger partial charge in [0.05, 0.1) is 11.7 Å². The van der Waals surface area contributed by atoms with E-state index in [1.807, 2.05) is 24.3 Å². The molecular weight excluding hydrogens is 449 g/mol. The van der Waals surface area contributed by atoms with E-state index in [2.05, 4.69) is 11.4 Å². The topological polar surface area (TPSA) is 78.8 Å². The summed E-state index contributed by atoms with van der Waals surface area (Å²) >= 11 is 5.92. The number of carboxylic acids is 1. The fraction of sp³-hybridized carbons (Fsp3) is 0.240. The van der Waals surface area contributed by atoms with Crippen LogP contribution in [-0.2, 0) is 12.8 Å². The first kappa shape index (κ1) is 24.1. The maximum atomic E-state index is 11.0. The molecule has 0 heterocycles. The summed E-state index contributed by atoms with van der Waals surface area (Å²) in [6.07, 6.45) is 2.26. The Kier molecular flexibility index (Phi) is 8.15. The van der Waals surface area contributed by atoms with Gasteiger partial charge in [-0.2, -0.15) is 0 Å². The summed E-state index contributed by atoms with van der Waals surface area (Å²) in [6.45, 7) is 0.480. The summed E-state index contributed by atoms with van der Waals surface area (Å²) in [6, 6.07) is 20.0. The molecule has 5 nitrogen and oxygen atoms in total. The number of halogens is 2. The number of aliphatic hydroxyl groups is 1. The summed E-state index contributed by atoms with van der Waals surface area (Å²) in [4.78, 5) is 11.0. The number of hydrogen-bond acceptors (Lipinski definition) is 4. The second-order valence-corrected chi connectivity index (χ2v) is 8.21. The molecule has 1 aliphatic rings. The van der Waals surface area contributed by atoms with Crippen molar-refractivity contribution in [2.75, 3.05) is 6.54 Å². The standard InChI is InChI=1S/C25H24ClNO4.ClH/c26-20-7-1-17(2-8-20)24(28)15-27-21-9-3-16-4-12-23(14-19(16)13-21)31-22-10-5-18(6-11-22)25(29)30;/h1-2,4-8,10-12,14,21,24,27-28H,3,9,13,15H2,(H,29,30);1H/t21-,24+;/m0./s1. The van der Waals surface area contributed by atoms with E-state index in [4.69, 9.17) is 21.4 Å². The van der Waals surface area contributed by atoms with Crippen LogP contribution in [0.5, 0.6) is 11.5 Å². The van der Waals surface area contributed by atoms with Gasteiger partial charge < -0.3 is 20.3 Å². The molecule has 0 saturated carbocycles. The van der Waals surface area contributed by atoms with Gasteiger partial charge in [0.15, 0.2) is 0 Å². The second-order valence-electron chi connectivity index (χ2n) is 7.78. The van der Waals surface area contributed by atoms with Crippen molar-refractivity contribution in [3.8, 4) is 11.5 Å². The van der Waals surface area contributed by atoms with Crippen LogP contribution in [0.3, 0.4) is 0 Å². The van der Waals surface area contributed by atoms with Crippen LogP contribution in [0.2, 0.25) is 5.02 Å². The molecule has 32 heavy (non-hydrogen) atoms. The molecule has 0 unspecified atom stereocenters. The van der Waals surface area contributed by atoms with Crippen molar-refractivity contribution in [1.29, 1.82) is 0 Å². The third-order valence-electron chi connectivity index (χ3n) is 5.60. The first-order valence-electron chi connectivity index (χ1n) is 10.3. The van der Waals surface area contributed by atoms with Crippen molar-refractivity contribution in [3.05, 3.63) is 94.0 Å². The summed E-state index contributed by atoms with van der Waals surface area (Å²) in [5, 5.41) is 23.6. The molecule has 0 bridgehead atoms. The van der Waals surface area contributed by atoms with Crippen LogP contribution < -0.4 is 10.1 Å². The highest BCUT2D eigenvalue weighted by Gasteiger charge is 2.20. The van der Waals surface area contributed by atoms with Gasteiger partial charge in [-0.1, -0.05) is 29.8 Å². The predicted octanol–water partition coefficient (Wildman–Crippen LogP) is 5.43. The van der Waals surface area contributed by atoms with Crippen LogP contribution in [-0.4, -0.2) is 28.8 Å². The average molecular weight is 474 g/mol. The smallest absolute Gasteiger partial charge is 0.335 e. The van der Waals surface area contributed by atoms with Gasteiger partial charge in [-0.15, -0.1) is 12.4 Å². The van der Waals surface area contributed by atoms with Crippen molar-refractivity contribution in [3.63, 3.8) is 0 Å². The third-order valence-corrected chi connectivity index (χ3v) is 5.85. The number of ether oxygens (including phenoxy) is 1. The van der Waals surface area contributed by atoms with E-state index in [-0.39, 0.29) is 24.0 Å². The number of rotatable bonds is 7. The minimum atomic E-state index is -0.958. The Labute approximate surface area is 198 Å². The van der Waals surface area contributed by atoms with Gasteiger partial charge in [0, 0.05) is 17.6 Å². The highest BCUT2D eigenvalue weighted by molar-refractivity contribution is 6.30. The minimum absolute atomic E-state index is 0. The van der Waals surface area contributed by atoms with Crippen molar-refractivity contribution >= 4 is 30.0 Å². The van der Waals surface area contributed by atoms with Gasteiger partial charge in [0.1, 0.15) is 11.5 Å². The highest BCUT2D eigenvalue weighted by atomic mass is 35.5. The van der Waals surface area contributed by atoms with Crippen molar-refractivity contribution in [2.45, 2.75) is 31.4 Å². The van der Waals surface area contributed by atoms with E-state index < -0.39 is 12.1 Å². The van der Waals surface area contributed by atoms with Gasteiger partial charge in [-0.3, -0.25) is 0 Å². The van der Waals surface area contributed by atoms with Crippen LogP contribution >= 0.6 is 24.0 Å². The first-order chi connectivity index (χ1) is 15.0. The molecule has 2 atom stereocenters. The van der Waals surface area contributed by atoms with Crippen LogP contribution in [0, 0.1) is 0 Å². The minimum Gasteiger partial charge on any atom is -0.478 e. The molecule has 168 valence electrons. The number of hydrogen-bond donors (Lipinski definition) is 3. The third kappa shape index (κ3) is 6.02. The highest BCUT2D eigenvalue weighted by Crippen LogP contribution is 2.29. The molecule has 7 heteroatoms. The lowest BCUT2D eigenvalue weighted by atomic mass is 9.88. The van der Waals surface area contributed by atoms with Crippen LogP contribution in [0.4, 0.5) is 0 Å². The normalized spacial score (nSPS) is 15.9. The Morgan fingerprint density at radius 2 is 1.72 bits per heavy atom. The Morgan fingerprint density at radius 3 is 2.41 bits per heavy atom. The molecule has 0 saturated heterocycles. The van der Waals surface area contributed by atoms with Gasteiger partial charge >= 0.3 is 5.97 Å². The zero-order valence-electron chi connectivity index (χ0n) is 17.3. The Balaban J connectivity index is 0.00000289. The van der Waals surface area contributed by atoms with E-state index in [1.165, 1.54) is 23.3 Å². The lowest BCUT2D eigenvalue weighted by Crippen LogP contribution is -2.37. The quantitative estimate of drug-likeness (QED) is 0.426. The monoisotopic (exact) mass is 473 g/mol. The predicted molar refractivity (Wildman–Crippen MR) is 127 cm³/mol. The second kappa shape index (κ2) is 10.8. The van der Waals surface area contributed by atoms with E-state index in [0.29, 0.717) is 17.3 Å². The number of aliphatic hydroxyl groups excluding tert-OH is 1. The van der Waals surface area contributed by atoms with E-state index in [0.717, 1.165) is 30.6 Å². The lowest BCUT2D eigenvalue weighted by molar-refractivity contribution is 0.0697. The summed E-state index contributed by atoms with van der Waals surface area (Å²) in [5.74, 6) is 0.366. The Bertz CT molecular complexity index is 1050. The fourth-order valence-corrected chi connectivity index (χ4v) is 3.98. The molecule has 3 aromatic rings. The van der Waals surface area contributed by atoms with Gasteiger partial charge in [-0.25, -0.2) is 4.79 Å². The molecule has 0 radical (unpaired) electrons. The molecule has 3 aromatic carbocycles. The van der Waals surface area contributed by atoms with Crippen molar-refractivity contribution < 1.29 is 19.7 Å². The fourth-order valence-electron chi connectivity index (χ4n) is 3.85. The van der Waals surface area contributed by atoms with E-state index >= 15 is 0 Å². The van der Waals surface area contributed by atoms with Crippen LogP contribution in [0.1, 0.15) is 39.6 Å². The lowest BCUT2D eigenvalue weighted by Gasteiger charge is -2.27. The van der Waals surface area contributed by atoms with Crippen molar-refractivity contribution in [2.24, 2.45) is 0 Å². The molecule has 1 aliphatic carbocycles. The SMILES string of the molecule is Cl.O=C(O)c1ccc(Oc2ccc3c(c2)C[C@@H](NC[C@@H](O)c2ccc(Cl)cc2)CC3)cc1. The summed E-state index contributed by atoms with van der Waals surface area (Å²) < 4.78 is 5.92. The van der Waals surface area contributed by atoms with Gasteiger partial charge in [0.25, 0.3) is 0 Å². The van der Waals surface area contributed by atoms with Gasteiger partial charge in [-0.05, 0) is 84.5 Å². The molecule has 0 aliphatic heterocycles. The number of fused-ring (bicyclic) bond motifs is 1. The molecule has 3 N–H and O–H groups in total. The maximum Gasteiger partial charge on any atom is 0.335 e. The van der Waals surface area contributed by atoms with Crippen LogP contribution in [0.15, 0.2) is 66.7 Å². The number of aryl methyl sites for hydroxylation is 1. The molecule has 0 fully saturated rings. The number of carboxylic acid groups (broad SMARTS) is 1. The number of benzene rings is 3. The largest absolute Gasteiger partial charge is 0.478 e. The number of aromatic carboxylic acids is 1. The van der Waals surface area contributed by atoms with E-state index in [1.54, 1.807) is 24.3 Å². The first-order valence-corrected chi connectivity index (χ1v) is 10.7. The van der Waals surface area contributed by atoms with Crippen LogP contribution in [0.25, 0.3) is 0 Å². The average Bonchev–Trinajstić information content (AvgIpc) is 2.78. The summed E-state index contributed by atoms with van der Waals surface area (Å²) in [5.41, 5.74) is 3.61. The molecular formula is C25H25Cl2NO4. The molecule has 0 aromatic heterocycles. The number of carbonyl (C=O) groups is 1. The molecule has 4 rings (SSSR count). The zero-order chi connectivity index (χ0) is 21.8. The Morgan fingerprint density at radius 1 is 1.03 bits per heavy atom. The molecule has 0 spiro atoms. The zero-order valence-corrected chi connectivity index (χ0v) is 18.9. The Hall–Kier alpha value is -2.57. The van der Waals surface area contributed by atoms with E-state index in [9.17, 15) is 9.90 Å². The van der Waals surface area contributed by atoms with Crippen molar-refractivity contribution in [1.82, 2.24) is 5.32 Å². The van der Waals surface area contributed by atoms with Gasteiger partial charge in [0.2, 0.25) is 0 Å². The number of nitrogens with one attached hydrogen (secondary N) is 1.